The van der Waals surface area contributed by atoms with E-state index < -0.39 is 5.97 Å². The molecule has 6 heteroatoms. The molecule has 1 aliphatic carbocycles. The zero-order valence-electron chi connectivity index (χ0n) is 15.5. The molecule has 138 valence electrons. The highest BCUT2D eigenvalue weighted by Crippen LogP contribution is 2.42. The van der Waals surface area contributed by atoms with E-state index in [4.69, 9.17) is 5.11 Å². The van der Waals surface area contributed by atoms with Crippen molar-refractivity contribution in [2.24, 2.45) is 5.92 Å². The highest BCUT2D eigenvalue weighted by molar-refractivity contribution is 5.95. The van der Waals surface area contributed by atoms with Gasteiger partial charge >= 0.3 is 5.97 Å². The molecular weight excluding hydrogens is 330 g/mol. The molecule has 1 aromatic carbocycles. The van der Waals surface area contributed by atoms with Crippen molar-refractivity contribution in [3.05, 3.63) is 52.8 Å². The maximum atomic E-state index is 13.0. The number of hydrogen-bond donors (Lipinski definition) is 1. The Morgan fingerprint density at radius 2 is 1.92 bits per heavy atom. The summed E-state index contributed by atoms with van der Waals surface area (Å²) in [7, 11) is 1.77. The van der Waals surface area contributed by atoms with Gasteiger partial charge in [-0.2, -0.15) is 5.10 Å². The van der Waals surface area contributed by atoms with Crippen molar-refractivity contribution in [1.82, 2.24) is 14.7 Å². The van der Waals surface area contributed by atoms with Gasteiger partial charge in [-0.05, 0) is 36.5 Å². The molecule has 1 amide bonds. The summed E-state index contributed by atoms with van der Waals surface area (Å²) in [6.07, 6.45) is 3.93. The molecule has 0 atom stereocenters. The second kappa shape index (κ2) is 7.32. The summed E-state index contributed by atoms with van der Waals surface area (Å²) in [6.45, 7) is 5.54. The highest BCUT2D eigenvalue weighted by atomic mass is 16.4. The van der Waals surface area contributed by atoms with Gasteiger partial charge in [0, 0.05) is 26.1 Å². The van der Waals surface area contributed by atoms with Crippen LogP contribution < -0.4 is 0 Å². The number of amides is 1. The van der Waals surface area contributed by atoms with Gasteiger partial charge in [0.25, 0.3) is 5.91 Å². The first-order valence-electron chi connectivity index (χ1n) is 9.00. The monoisotopic (exact) mass is 355 g/mol. The van der Waals surface area contributed by atoms with Crippen LogP contribution in [0, 0.1) is 5.92 Å². The Bertz CT molecular complexity index is 804. The van der Waals surface area contributed by atoms with Crippen LogP contribution in [0.15, 0.2) is 30.5 Å². The number of aromatic nitrogens is 2. The van der Waals surface area contributed by atoms with E-state index in [0.29, 0.717) is 23.9 Å². The Balaban J connectivity index is 1.76. The van der Waals surface area contributed by atoms with Gasteiger partial charge in [-0.3, -0.25) is 9.48 Å². The normalized spacial score (nSPS) is 13.8. The predicted molar refractivity (Wildman–Crippen MR) is 98.2 cm³/mol. The van der Waals surface area contributed by atoms with E-state index in [1.54, 1.807) is 42.4 Å². The van der Waals surface area contributed by atoms with Gasteiger partial charge in [-0.15, -0.1) is 0 Å². The fraction of sp³-hybridized carbons (Fsp3) is 0.450. The molecule has 26 heavy (non-hydrogen) atoms. The van der Waals surface area contributed by atoms with Crippen LogP contribution >= 0.6 is 0 Å². The van der Waals surface area contributed by atoms with E-state index in [1.807, 2.05) is 4.68 Å². The first-order chi connectivity index (χ1) is 12.4. The van der Waals surface area contributed by atoms with Crippen molar-refractivity contribution in [3.63, 3.8) is 0 Å². The van der Waals surface area contributed by atoms with Crippen LogP contribution in [-0.4, -0.2) is 38.7 Å². The molecule has 0 spiro atoms. The number of hydrogen-bond acceptors (Lipinski definition) is 3. The van der Waals surface area contributed by atoms with Gasteiger partial charge in [0.15, 0.2) is 0 Å². The van der Waals surface area contributed by atoms with Gasteiger partial charge in [-0.1, -0.05) is 26.0 Å². The summed E-state index contributed by atoms with van der Waals surface area (Å²) in [5, 5.41) is 13.4. The molecule has 0 saturated heterocycles. The number of aromatic carboxylic acids is 1. The molecule has 0 bridgehead atoms. The zero-order chi connectivity index (χ0) is 18.8. The Kier molecular flexibility index (Phi) is 5.11. The number of carboxylic acids is 1. The zero-order valence-corrected chi connectivity index (χ0v) is 15.5. The van der Waals surface area contributed by atoms with Crippen molar-refractivity contribution in [2.45, 2.75) is 45.7 Å². The number of carboxylic acid groups (broad SMARTS) is 1. The SMILES string of the molecule is CC(C)Cn1ncc(C(=O)N(C)Cc2ccc(C(=O)O)cc2)c1C1CC1. The van der Waals surface area contributed by atoms with Crippen molar-refractivity contribution in [1.29, 1.82) is 0 Å². The Morgan fingerprint density at radius 1 is 1.27 bits per heavy atom. The lowest BCUT2D eigenvalue weighted by Crippen LogP contribution is -2.27. The van der Waals surface area contributed by atoms with Crippen molar-refractivity contribution in [3.8, 4) is 0 Å². The second-order valence-electron chi connectivity index (χ2n) is 7.46. The quantitative estimate of drug-likeness (QED) is 0.826. The minimum absolute atomic E-state index is 0.0378. The number of benzene rings is 1. The van der Waals surface area contributed by atoms with E-state index >= 15 is 0 Å². The average molecular weight is 355 g/mol. The maximum Gasteiger partial charge on any atom is 0.335 e. The Labute approximate surface area is 153 Å². The molecular formula is C20H25N3O3. The van der Waals surface area contributed by atoms with Gasteiger partial charge < -0.3 is 10.0 Å². The second-order valence-corrected chi connectivity index (χ2v) is 7.46. The number of carbonyl (C=O) groups excluding carboxylic acids is 1. The number of carbonyl (C=O) groups is 2. The standard InChI is InChI=1S/C20H25N3O3/c1-13(2)11-23-18(15-8-9-15)17(10-21-23)19(24)22(3)12-14-4-6-16(7-5-14)20(25)26/h4-7,10,13,15H,8-9,11-12H2,1-3H3,(H,25,26). The number of rotatable bonds is 7. The van der Waals surface area contributed by atoms with Crippen LogP contribution in [0.1, 0.15) is 64.6 Å². The first kappa shape index (κ1) is 18.2. The van der Waals surface area contributed by atoms with Gasteiger partial charge in [0.1, 0.15) is 0 Å². The van der Waals surface area contributed by atoms with Crippen LogP contribution in [0.2, 0.25) is 0 Å². The van der Waals surface area contributed by atoms with Gasteiger partial charge in [0.05, 0.1) is 23.0 Å². The summed E-state index contributed by atoms with van der Waals surface area (Å²) in [4.78, 5) is 25.6. The summed E-state index contributed by atoms with van der Waals surface area (Å²) in [5.74, 6) is -0.0730. The molecule has 0 radical (unpaired) electrons. The Hall–Kier alpha value is -2.63. The number of nitrogens with zero attached hydrogens (tertiary/aromatic N) is 3. The third-order valence-electron chi connectivity index (χ3n) is 4.58. The van der Waals surface area contributed by atoms with Crippen LogP contribution in [-0.2, 0) is 13.1 Å². The molecule has 1 N–H and O–H groups in total. The average Bonchev–Trinajstić information content (AvgIpc) is 3.35. The fourth-order valence-corrected chi connectivity index (χ4v) is 3.14. The summed E-state index contributed by atoms with van der Waals surface area (Å²) < 4.78 is 1.99. The van der Waals surface area contributed by atoms with Gasteiger partial charge in [0.2, 0.25) is 0 Å². The lowest BCUT2D eigenvalue weighted by atomic mass is 10.1. The van der Waals surface area contributed by atoms with Crippen LogP contribution in [0.4, 0.5) is 0 Å². The van der Waals surface area contributed by atoms with E-state index in [-0.39, 0.29) is 11.5 Å². The molecule has 6 nitrogen and oxygen atoms in total. The summed E-state index contributed by atoms with van der Waals surface area (Å²) in [6, 6.07) is 6.62. The van der Waals surface area contributed by atoms with Crippen LogP contribution in [0.5, 0.6) is 0 Å². The Morgan fingerprint density at radius 3 is 2.46 bits per heavy atom. The molecule has 2 aromatic rings. The van der Waals surface area contributed by atoms with Crippen molar-refractivity contribution < 1.29 is 14.7 Å². The van der Waals surface area contributed by atoms with E-state index in [1.165, 1.54) is 0 Å². The molecule has 1 saturated carbocycles. The van der Waals surface area contributed by atoms with E-state index in [9.17, 15) is 9.59 Å². The van der Waals surface area contributed by atoms with Crippen LogP contribution in [0.3, 0.4) is 0 Å². The fourth-order valence-electron chi connectivity index (χ4n) is 3.14. The lowest BCUT2D eigenvalue weighted by Gasteiger charge is -2.18. The molecule has 1 fully saturated rings. The van der Waals surface area contributed by atoms with Crippen molar-refractivity contribution >= 4 is 11.9 Å². The summed E-state index contributed by atoms with van der Waals surface area (Å²) in [5.41, 5.74) is 2.90. The van der Waals surface area contributed by atoms with Crippen molar-refractivity contribution in [2.75, 3.05) is 7.05 Å². The minimum Gasteiger partial charge on any atom is -0.478 e. The topological polar surface area (TPSA) is 75.4 Å². The third kappa shape index (κ3) is 3.95. The highest BCUT2D eigenvalue weighted by Gasteiger charge is 2.33. The minimum atomic E-state index is -0.951. The largest absolute Gasteiger partial charge is 0.478 e. The maximum absolute atomic E-state index is 13.0. The van der Waals surface area contributed by atoms with Crippen LogP contribution in [0.25, 0.3) is 0 Å². The molecule has 1 aromatic heterocycles. The summed E-state index contributed by atoms with van der Waals surface area (Å²) >= 11 is 0. The first-order valence-corrected chi connectivity index (χ1v) is 9.00. The third-order valence-corrected chi connectivity index (χ3v) is 4.58. The lowest BCUT2D eigenvalue weighted by molar-refractivity contribution is 0.0695. The smallest absolute Gasteiger partial charge is 0.335 e. The molecule has 0 unspecified atom stereocenters. The van der Waals surface area contributed by atoms with E-state index in [2.05, 4.69) is 18.9 Å². The van der Waals surface area contributed by atoms with E-state index in [0.717, 1.165) is 30.6 Å². The van der Waals surface area contributed by atoms with Gasteiger partial charge in [-0.25, -0.2) is 4.79 Å². The molecule has 3 rings (SSSR count). The molecule has 1 aliphatic rings. The molecule has 1 heterocycles. The predicted octanol–water partition coefficient (Wildman–Crippen LogP) is 3.39. The molecule has 0 aliphatic heterocycles.